The van der Waals surface area contributed by atoms with Crippen molar-refractivity contribution in [2.24, 2.45) is 5.84 Å². The molecule has 0 fully saturated rings. The summed E-state index contributed by atoms with van der Waals surface area (Å²) in [5.41, 5.74) is 0. The molecule has 0 bridgehead atoms. The average Bonchev–Trinajstić information content (AvgIpc) is 1.66. The molecule has 0 saturated carbocycles. The Morgan fingerprint density at radius 3 is 2.50 bits per heavy atom. The topological polar surface area (TPSA) is 29.3 Å². The number of rotatable bonds is 2. The first kappa shape index (κ1) is 7.97. The lowest BCUT2D eigenvalue weighted by atomic mass is 10.5. The van der Waals surface area contributed by atoms with Crippen LogP contribution in [0.4, 0.5) is 0 Å². The van der Waals surface area contributed by atoms with E-state index in [2.05, 4.69) is 0 Å². The van der Waals surface area contributed by atoms with E-state index in [9.17, 15) is 0 Å². The molecule has 2 N–H and O–H groups in total. The summed E-state index contributed by atoms with van der Waals surface area (Å²) < 4.78 is 1.47. The van der Waals surface area contributed by atoms with Gasteiger partial charge in [-0.2, -0.15) is 0 Å². The molecule has 0 aromatic heterocycles. The van der Waals surface area contributed by atoms with Crippen LogP contribution in [0, 0.1) is 0 Å². The average molecular weight is 224 g/mol. The van der Waals surface area contributed by atoms with Crippen molar-refractivity contribution in [1.29, 1.82) is 0 Å². The normalized spacial score (nSPS) is 11.4. The highest BCUT2D eigenvalue weighted by molar-refractivity contribution is 14.1. The van der Waals surface area contributed by atoms with E-state index in [4.69, 9.17) is 5.84 Å². The first-order chi connectivity index (χ1) is 3.77. The van der Waals surface area contributed by atoms with Gasteiger partial charge in [-0.3, -0.25) is 3.22 Å². The van der Waals surface area contributed by atoms with E-state index in [0.29, 0.717) is 0 Å². The molecule has 46 valence electrons. The van der Waals surface area contributed by atoms with Crippen molar-refractivity contribution in [2.45, 2.75) is 6.92 Å². The molecule has 0 rings (SSSR count). The minimum atomic E-state index is 1.47. The number of allylic oxidation sites excluding steroid dienone is 3. The highest BCUT2D eigenvalue weighted by atomic mass is 127. The Morgan fingerprint density at radius 1 is 1.50 bits per heavy atom. The molecule has 0 heterocycles. The van der Waals surface area contributed by atoms with E-state index in [1.165, 1.54) is 3.22 Å². The molecule has 0 atom stereocenters. The van der Waals surface area contributed by atoms with E-state index in [1.807, 2.05) is 48.0 Å². The summed E-state index contributed by atoms with van der Waals surface area (Å²) >= 11 is 1.97. The summed E-state index contributed by atoms with van der Waals surface area (Å²) in [7, 11) is 0. The van der Waals surface area contributed by atoms with E-state index in [-0.39, 0.29) is 0 Å². The maximum Gasteiger partial charge on any atom is 0.0759 e. The molecule has 0 radical (unpaired) electrons. The minimum absolute atomic E-state index is 1.47. The molecule has 0 aliphatic heterocycles. The van der Waals surface area contributed by atoms with Crippen LogP contribution in [0.15, 0.2) is 24.4 Å². The van der Waals surface area contributed by atoms with Gasteiger partial charge in [-0.25, -0.2) is 5.84 Å². The highest BCUT2D eigenvalue weighted by Crippen LogP contribution is 1.88. The van der Waals surface area contributed by atoms with Crippen LogP contribution in [-0.2, 0) is 0 Å². The molecule has 0 unspecified atom stereocenters. The van der Waals surface area contributed by atoms with E-state index >= 15 is 0 Å². The smallest absolute Gasteiger partial charge is 0.0759 e. The van der Waals surface area contributed by atoms with Crippen molar-refractivity contribution >= 4 is 22.9 Å². The molecule has 3 heteroatoms. The summed E-state index contributed by atoms with van der Waals surface area (Å²) in [4.78, 5) is 0. The summed E-state index contributed by atoms with van der Waals surface area (Å²) in [5, 5.41) is 0. The van der Waals surface area contributed by atoms with Gasteiger partial charge in [0.25, 0.3) is 0 Å². The lowest BCUT2D eigenvalue weighted by molar-refractivity contribution is 0.726. The van der Waals surface area contributed by atoms with Gasteiger partial charge in [0.05, 0.1) is 22.9 Å². The lowest BCUT2D eigenvalue weighted by Gasteiger charge is -1.96. The number of hydrogen-bond acceptors (Lipinski definition) is 2. The number of halogens is 1. The van der Waals surface area contributed by atoms with Crippen LogP contribution in [0.25, 0.3) is 0 Å². The van der Waals surface area contributed by atoms with Gasteiger partial charge in [0, 0.05) is 6.20 Å². The Morgan fingerprint density at radius 2 is 2.12 bits per heavy atom. The Balaban J connectivity index is 3.34. The summed E-state index contributed by atoms with van der Waals surface area (Å²) in [6.45, 7) is 1.96. The van der Waals surface area contributed by atoms with Gasteiger partial charge in [-0.1, -0.05) is 12.2 Å². The van der Waals surface area contributed by atoms with Crippen LogP contribution in [0.2, 0.25) is 0 Å². The Bertz CT molecular complexity index is 96.6. The van der Waals surface area contributed by atoms with Gasteiger partial charge >= 0.3 is 0 Å². The molecule has 0 aliphatic rings. The van der Waals surface area contributed by atoms with Crippen molar-refractivity contribution in [3.05, 3.63) is 24.4 Å². The van der Waals surface area contributed by atoms with Crippen LogP contribution in [-0.4, -0.2) is 3.22 Å². The number of hydrazine groups is 1. The van der Waals surface area contributed by atoms with Gasteiger partial charge in [-0.15, -0.1) is 0 Å². The van der Waals surface area contributed by atoms with Crippen LogP contribution in [0.3, 0.4) is 0 Å². The molecule has 0 aromatic carbocycles. The fourth-order valence-electron chi connectivity index (χ4n) is 0.243. The minimum Gasteiger partial charge on any atom is -0.258 e. The molecule has 0 aromatic rings. The third-order valence-corrected chi connectivity index (χ3v) is 0.854. The second-order valence-electron chi connectivity index (χ2n) is 1.21. The maximum atomic E-state index is 5.23. The molecular formula is C5H9IN2. The van der Waals surface area contributed by atoms with Gasteiger partial charge in [-0.05, 0) is 13.0 Å². The SMILES string of the molecule is C/C=C\C=C/N(N)I. The van der Waals surface area contributed by atoms with Crippen LogP contribution >= 0.6 is 22.9 Å². The van der Waals surface area contributed by atoms with Crippen molar-refractivity contribution in [1.82, 2.24) is 3.22 Å². The zero-order chi connectivity index (χ0) is 6.41. The molecule has 0 saturated heterocycles. The largest absolute Gasteiger partial charge is 0.258 e. The molecule has 2 nitrogen and oxygen atoms in total. The summed E-state index contributed by atoms with van der Waals surface area (Å²) in [6.07, 6.45) is 7.49. The van der Waals surface area contributed by atoms with Crippen molar-refractivity contribution in [2.75, 3.05) is 0 Å². The first-order valence-corrected chi connectivity index (χ1v) is 3.23. The van der Waals surface area contributed by atoms with Crippen LogP contribution < -0.4 is 5.84 Å². The maximum absolute atomic E-state index is 5.23. The summed E-state index contributed by atoms with van der Waals surface area (Å²) in [5.74, 6) is 5.23. The predicted molar refractivity (Wildman–Crippen MR) is 44.0 cm³/mol. The fraction of sp³-hybridized carbons (Fsp3) is 0.200. The second-order valence-corrected chi connectivity index (χ2v) is 2.33. The molecule has 0 amide bonds. The van der Waals surface area contributed by atoms with Gasteiger partial charge in [0.1, 0.15) is 0 Å². The zero-order valence-electron chi connectivity index (χ0n) is 4.71. The molecule has 0 spiro atoms. The van der Waals surface area contributed by atoms with Crippen molar-refractivity contribution < 1.29 is 0 Å². The monoisotopic (exact) mass is 224 g/mol. The third-order valence-electron chi connectivity index (χ3n) is 0.532. The van der Waals surface area contributed by atoms with Crippen molar-refractivity contribution in [3.63, 3.8) is 0 Å². The zero-order valence-corrected chi connectivity index (χ0v) is 6.87. The van der Waals surface area contributed by atoms with E-state index in [0.717, 1.165) is 0 Å². The standard InChI is InChI=1S/C5H9IN2/c1-2-3-4-5-8(6)7/h2-5H,7H2,1H3/b3-2-,5-4-. The molecule has 8 heavy (non-hydrogen) atoms. The number of nitrogens with two attached hydrogens (primary N) is 1. The highest BCUT2D eigenvalue weighted by Gasteiger charge is 1.71. The second kappa shape index (κ2) is 5.11. The summed E-state index contributed by atoms with van der Waals surface area (Å²) in [6, 6.07) is 0. The Kier molecular flexibility index (Phi) is 5.09. The van der Waals surface area contributed by atoms with Crippen LogP contribution in [0.5, 0.6) is 0 Å². The van der Waals surface area contributed by atoms with Crippen LogP contribution in [0.1, 0.15) is 6.92 Å². The molecular weight excluding hydrogens is 215 g/mol. The van der Waals surface area contributed by atoms with E-state index in [1.54, 1.807) is 6.20 Å². The predicted octanol–water partition coefficient (Wildman–Crippen LogP) is 1.60. The number of nitrogens with zero attached hydrogens (tertiary/aromatic N) is 1. The fourth-order valence-corrected chi connectivity index (χ4v) is 0.429. The van der Waals surface area contributed by atoms with Gasteiger partial charge < -0.3 is 0 Å². The first-order valence-electron chi connectivity index (χ1n) is 2.26. The van der Waals surface area contributed by atoms with E-state index < -0.39 is 0 Å². The number of hydrogen-bond donors (Lipinski definition) is 1. The van der Waals surface area contributed by atoms with Gasteiger partial charge in [0.2, 0.25) is 0 Å². The Hall–Kier alpha value is -0.0300. The van der Waals surface area contributed by atoms with Gasteiger partial charge in [0.15, 0.2) is 0 Å². The molecule has 0 aliphatic carbocycles. The van der Waals surface area contributed by atoms with Crippen molar-refractivity contribution in [3.8, 4) is 0 Å². The quantitative estimate of drug-likeness (QED) is 0.254. The Labute approximate surface area is 63.5 Å². The lowest BCUT2D eigenvalue weighted by Crippen LogP contribution is -2.09. The third kappa shape index (κ3) is 5.97.